The molecule has 1 aliphatic rings. The molecule has 0 radical (unpaired) electrons. The standard InChI is InChI=1S/C9H18F2N2/c1-6-4-8(5-13(6)3)12-7(2)9(10)11/h6-9,12H,4-5H2,1-3H3. The highest BCUT2D eigenvalue weighted by molar-refractivity contribution is 4.86. The van der Waals surface area contributed by atoms with Crippen LogP contribution in [0.2, 0.25) is 0 Å². The van der Waals surface area contributed by atoms with Crippen LogP contribution in [0.5, 0.6) is 0 Å². The van der Waals surface area contributed by atoms with E-state index in [2.05, 4.69) is 17.1 Å². The number of nitrogens with one attached hydrogen (secondary N) is 1. The Labute approximate surface area is 78.3 Å². The van der Waals surface area contributed by atoms with Gasteiger partial charge in [0.25, 0.3) is 6.43 Å². The lowest BCUT2D eigenvalue weighted by molar-refractivity contribution is 0.100. The van der Waals surface area contributed by atoms with Crippen molar-refractivity contribution in [1.29, 1.82) is 0 Å². The number of likely N-dealkylation sites (N-methyl/N-ethyl adjacent to an activating group) is 1. The molecule has 0 aliphatic carbocycles. The van der Waals surface area contributed by atoms with E-state index in [1.165, 1.54) is 6.92 Å². The number of hydrogen-bond donors (Lipinski definition) is 1. The minimum atomic E-state index is -2.26. The molecule has 0 aromatic rings. The summed E-state index contributed by atoms with van der Waals surface area (Å²) in [4.78, 5) is 2.19. The van der Waals surface area contributed by atoms with Crippen molar-refractivity contribution in [3.63, 3.8) is 0 Å². The fraction of sp³-hybridized carbons (Fsp3) is 1.00. The highest BCUT2D eigenvalue weighted by atomic mass is 19.3. The van der Waals surface area contributed by atoms with E-state index in [0.29, 0.717) is 6.04 Å². The van der Waals surface area contributed by atoms with Crippen LogP contribution in [-0.4, -0.2) is 43.0 Å². The van der Waals surface area contributed by atoms with Crippen LogP contribution in [0.4, 0.5) is 8.78 Å². The van der Waals surface area contributed by atoms with Crippen molar-refractivity contribution in [2.24, 2.45) is 0 Å². The van der Waals surface area contributed by atoms with Crippen molar-refractivity contribution in [3.8, 4) is 0 Å². The number of likely N-dealkylation sites (tertiary alicyclic amines) is 1. The van der Waals surface area contributed by atoms with Gasteiger partial charge in [-0.2, -0.15) is 0 Å². The lowest BCUT2D eigenvalue weighted by Gasteiger charge is -2.18. The van der Waals surface area contributed by atoms with Gasteiger partial charge in [0.2, 0.25) is 0 Å². The predicted molar refractivity (Wildman–Crippen MR) is 49.1 cm³/mol. The van der Waals surface area contributed by atoms with Gasteiger partial charge in [-0.15, -0.1) is 0 Å². The second kappa shape index (κ2) is 4.33. The maximum atomic E-state index is 12.2. The fourth-order valence-corrected chi connectivity index (χ4v) is 1.76. The van der Waals surface area contributed by atoms with E-state index in [1.807, 2.05) is 7.05 Å². The Morgan fingerprint density at radius 1 is 1.46 bits per heavy atom. The molecule has 0 bridgehead atoms. The van der Waals surface area contributed by atoms with Gasteiger partial charge in [-0.1, -0.05) is 0 Å². The number of nitrogens with zero attached hydrogens (tertiary/aromatic N) is 1. The van der Waals surface area contributed by atoms with Gasteiger partial charge in [0.1, 0.15) is 0 Å². The number of rotatable bonds is 3. The molecule has 1 fully saturated rings. The van der Waals surface area contributed by atoms with Crippen LogP contribution in [0.25, 0.3) is 0 Å². The van der Waals surface area contributed by atoms with E-state index in [1.54, 1.807) is 0 Å². The third-order valence-corrected chi connectivity index (χ3v) is 2.76. The van der Waals surface area contributed by atoms with Crippen molar-refractivity contribution in [1.82, 2.24) is 10.2 Å². The first-order chi connectivity index (χ1) is 6.00. The number of halogens is 2. The van der Waals surface area contributed by atoms with Crippen molar-refractivity contribution in [2.75, 3.05) is 13.6 Å². The van der Waals surface area contributed by atoms with Crippen LogP contribution in [0.3, 0.4) is 0 Å². The first kappa shape index (κ1) is 10.9. The van der Waals surface area contributed by atoms with Crippen molar-refractivity contribution < 1.29 is 8.78 Å². The van der Waals surface area contributed by atoms with Gasteiger partial charge in [-0.3, -0.25) is 0 Å². The van der Waals surface area contributed by atoms with Crippen LogP contribution in [0.15, 0.2) is 0 Å². The second-order valence-corrected chi connectivity index (χ2v) is 4.01. The van der Waals surface area contributed by atoms with E-state index in [4.69, 9.17) is 0 Å². The van der Waals surface area contributed by atoms with Gasteiger partial charge in [-0.25, -0.2) is 8.78 Å². The first-order valence-electron chi connectivity index (χ1n) is 4.75. The predicted octanol–water partition coefficient (Wildman–Crippen LogP) is 1.32. The highest BCUT2D eigenvalue weighted by Crippen LogP contribution is 2.16. The van der Waals surface area contributed by atoms with Crippen molar-refractivity contribution in [3.05, 3.63) is 0 Å². The summed E-state index contributed by atoms with van der Waals surface area (Å²) in [6.07, 6.45) is -1.30. The third-order valence-electron chi connectivity index (χ3n) is 2.76. The summed E-state index contributed by atoms with van der Waals surface area (Å²) in [7, 11) is 2.03. The molecule has 1 saturated heterocycles. The number of hydrogen-bond acceptors (Lipinski definition) is 2. The summed E-state index contributed by atoms with van der Waals surface area (Å²) in [6.45, 7) is 4.53. The Kier molecular flexibility index (Phi) is 3.62. The average molecular weight is 192 g/mol. The Balaban J connectivity index is 2.31. The molecular formula is C9H18F2N2. The monoisotopic (exact) mass is 192 g/mol. The average Bonchev–Trinajstić information content (AvgIpc) is 2.31. The van der Waals surface area contributed by atoms with Crippen LogP contribution < -0.4 is 5.32 Å². The maximum Gasteiger partial charge on any atom is 0.253 e. The molecule has 1 N–H and O–H groups in total. The third kappa shape index (κ3) is 2.88. The van der Waals surface area contributed by atoms with E-state index < -0.39 is 12.5 Å². The lowest BCUT2D eigenvalue weighted by atomic mass is 10.2. The van der Waals surface area contributed by atoms with Gasteiger partial charge in [0.15, 0.2) is 0 Å². The Bertz CT molecular complexity index is 154. The fourth-order valence-electron chi connectivity index (χ4n) is 1.76. The van der Waals surface area contributed by atoms with E-state index in [-0.39, 0.29) is 6.04 Å². The molecule has 1 aliphatic heterocycles. The van der Waals surface area contributed by atoms with Crippen molar-refractivity contribution in [2.45, 2.75) is 44.8 Å². The van der Waals surface area contributed by atoms with Gasteiger partial charge < -0.3 is 10.2 Å². The quantitative estimate of drug-likeness (QED) is 0.725. The van der Waals surface area contributed by atoms with Gasteiger partial charge in [-0.05, 0) is 27.3 Å². The van der Waals surface area contributed by atoms with Crippen LogP contribution in [0, 0.1) is 0 Å². The molecule has 1 rings (SSSR count). The molecule has 0 aromatic heterocycles. The highest BCUT2D eigenvalue weighted by Gasteiger charge is 2.28. The Morgan fingerprint density at radius 2 is 2.08 bits per heavy atom. The zero-order valence-electron chi connectivity index (χ0n) is 8.43. The molecule has 0 saturated carbocycles. The molecule has 1 heterocycles. The summed E-state index contributed by atoms with van der Waals surface area (Å²) in [6, 6.07) is 0.0371. The largest absolute Gasteiger partial charge is 0.305 e. The molecule has 2 nitrogen and oxygen atoms in total. The summed E-state index contributed by atoms with van der Waals surface area (Å²) < 4.78 is 24.4. The zero-order chi connectivity index (χ0) is 10.0. The summed E-state index contributed by atoms with van der Waals surface area (Å²) >= 11 is 0. The topological polar surface area (TPSA) is 15.3 Å². The molecule has 4 heteroatoms. The Hall–Kier alpha value is -0.220. The SMILES string of the molecule is CC(NC1CC(C)N(C)C1)C(F)F. The van der Waals surface area contributed by atoms with Crippen LogP contribution in [0.1, 0.15) is 20.3 Å². The second-order valence-electron chi connectivity index (χ2n) is 4.01. The molecular weight excluding hydrogens is 174 g/mol. The smallest absolute Gasteiger partial charge is 0.253 e. The minimum Gasteiger partial charge on any atom is -0.305 e. The normalized spacial score (nSPS) is 32.8. The molecule has 13 heavy (non-hydrogen) atoms. The molecule has 0 aromatic carbocycles. The summed E-state index contributed by atoms with van der Waals surface area (Å²) in [5, 5.41) is 2.95. The molecule has 3 unspecified atom stereocenters. The molecule has 0 spiro atoms. The number of alkyl halides is 2. The summed E-state index contributed by atoms with van der Waals surface area (Å²) in [5.74, 6) is 0. The van der Waals surface area contributed by atoms with Gasteiger partial charge in [0, 0.05) is 18.6 Å². The molecule has 78 valence electrons. The zero-order valence-corrected chi connectivity index (χ0v) is 8.43. The first-order valence-corrected chi connectivity index (χ1v) is 4.75. The van der Waals surface area contributed by atoms with E-state index >= 15 is 0 Å². The lowest BCUT2D eigenvalue weighted by Crippen LogP contribution is -2.41. The molecule has 0 amide bonds. The van der Waals surface area contributed by atoms with Crippen LogP contribution >= 0.6 is 0 Å². The van der Waals surface area contributed by atoms with Crippen LogP contribution in [-0.2, 0) is 0 Å². The Morgan fingerprint density at radius 3 is 2.46 bits per heavy atom. The van der Waals surface area contributed by atoms with Crippen molar-refractivity contribution >= 4 is 0 Å². The minimum absolute atomic E-state index is 0.226. The van der Waals surface area contributed by atoms with E-state index in [0.717, 1.165) is 13.0 Å². The molecule has 3 atom stereocenters. The maximum absolute atomic E-state index is 12.2. The van der Waals surface area contributed by atoms with Gasteiger partial charge in [0.05, 0.1) is 6.04 Å². The van der Waals surface area contributed by atoms with E-state index in [9.17, 15) is 8.78 Å². The summed E-state index contributed by atoms with van der Waals surface area (Å²) in [5.41, 5.74) is 0. The van der Waals surface area contributed by atoms with Gasteiger partial charge >= 0.3 is 0 Å².